The van der Waals surface area contributed by atoms with E-state index < -0.39 is 0 Å². The highest BCUT2D eigenvalue weighted by Crippen LogP contribution is 2.19. The molecule has 1 N–H and O–H groups in total. The van der Waals surface area contributed by atoms with Gasteiger partial charge < -0.3 is 15.0 Å². The van der Waals surface area contributed by atoms with Crippen molar-refractivity contribution in [3.05, 3.63) is 71.8 Å². The average Bonchev–Trinajstić information content (AvgIpc) is 3.29. The van der Waals surface area contributed by atoms with Crippen LogP contribution in [0.15, 0.2) is 60.7 Å². The van der Waals surface area contributed by atoms with Crippen molar-refractivity contribution in [3.8, 4) is 0 Å². The fraction of sp³-hybridized carbons (Fsp3) is 0.440. The van der Waals surface area contributed by atoms with Crippen LogP contribution in [0.3, 0.4) is 0 Å². The molecule has 6 heteroatoms. The minimum atomic E-state index is -0.375. The van der Waals surface area contributed by atoms with Crippen LogP contribution in [0.25, 0.3) is 0 Å². The number of carbonyl (C=O) groups is 2. The van der Waals surface area contributed by atoms with E-state index >= 15 is 0 Å². The van der Waals surface area contributed by atoms with E-state index in [2.05, 4.69) is 34.5 Å². The molecular formula is C25H31N3O3. The van der Waals surface area contributed by atoms with Crippen molar-refractivity contribution >= 4 is 11.8 Å². The number of likely N-dealkylation sites (tertiary alicyclic amines) is 1. The van der Waals surface area contributed by atoms with E-state index in [0.29, 0.717) is 26.1 Å². The smallest absolute Gasteiger partial charge is 0.242 e. The van der Waals surface area contributed by atoms with Crippen molar-refractivity contribution in [2.45, 2.75) is 38.0 Å². The Morgan fingerprint density at radius 1 is 0.968 bits per heavy atom. The van der Waals surface area contributed by atoms with Gasteiger partial charge in [-0.2, -0.15) is 0 Å². The summed E-state index contributed by atoms with van der Waals surface area (Å²) in [4.78, 5) is 29.7. The maximum absolute atomic E-state index is 12.9. The van der Waals surface area contributed by atoms with Crippen LogP contribution in [-0.2, 0) is 27.3 Å². The Morgan fingerprint density at radius 3 is 2.42 bits per heavy atom. The second-order valence-corrected chi connectivity index (χ2v) is 8.37. The third-order valence-electron chi connectivity index (χ3n) is 6.05. The van der Waals surface area contributed by atoms with E-state index in [1.807, 2.05) is 36.4 Å². The molecule has 0 unspecified atom stereocenters. The normalized spacial score (nSPS) is 21.7. The van der Waals surface area contributed by atoms with Gasteiger partial charge in [0.05, 0.1) is 19.1 Å². The molecule has 4 rings (SSSR count). The second-order valence-electron chi connectivity index (χ2n) is 8.37. The first kappa shape index (κ1) is 21.5. The molecule has 2 aliphatic heterocycles. The lowest BCUT2D eigenvalue weighted by Gasteiger charge is -2.33. The van der Waals surface area contributed by atoms with E-state index in [0.717, 1.165) is 38.0 Å². The van der Waals surface area contributed by atoms with Crippen LogP contribution in [0.1, 0.15) is 24.0 Å². The Bertz CT molecular complexity index is 859. The van der Waals surface area contributed by atoms with Crippen molar-refractivity contribution in [2.24, 2.45) is 0 Å². The van der Waals surface area contributed by atoms with Crippen molar-refractivity contribution in [2.75, 3.05) is 32.8 Å². The van der Waals surface area contributed by atoms with Crippen molar-refractivity contribution in [1.82, 2.24) is 15.1 Å². The molecule has 0 aromatic heterocycles. The molecule has 2 amide bonds. The first-order valence-corrected chi connectivity index (χ1v) is 11.2. The second kappa shape index (κ2) is 10.6. The standard InChI is InChI=1S/C25H31N3O3/c29-24(16-20-8-3-1-4-9-20)28-13-7-12-23(28)25(30)26-17-22-19-27(14-15-31-22)18-21-10-5-2-6-11-21/h1-6,8-11,22-23H,7,12-19H2,(H,26,30)/t22-,23+/m0/s1. The zero-order chi connectivity index (χ0) is 21.5. The minimum Gasteiger partial charge on any atom is -0.374 e. The summed E-state index contributed by atoms with van der Waals surface area (Å²) >= 11 is 0. The zero-order valence-electron chi connectivity index (χ0n) is 17.9. The molecule has 2 aromatic rings. The first-order valence-electron chi connectivity index (χ1n) is 11.2. The fourth-order valence-electron chi connectivity index (χ4n) is 4.43. The number of ether oxygens (including phenoxy) is 1. The Balaban J connectivity index is 1.26. The van der Waals surface area contributed by atoms with E-state index in [1.54, 1.807) is 4.90 Å². The highest BCUT2D eigenvalue weighted by molar-refractivity contribution is 5.89. The third-order valence-corrected chi connectivity index (χ3v) is 6.05. The number of morpholine rings is 1. The number of benzene rings is 2. The van der Waals surface area contributed by atoms with E-state index in [4.69, 9.17) is 4.74 Å². The summed E-state index contributed by atoms with van der Waals surface area (Å²) in [5, 5.41) is 3.04. The topological polar surface area (TPSA) is 61.9 Å². The van der Waals surface area contributed by atoms with Gasteiger partial charge in [0, 0.05) is 32.7 Å². The van der Waals surface area contributed by atoms with Crippen LogP contribution in [-0.4, -0.2) is 66.5 Å². The molecule has 0 saturated carbocycles. The molecule has 6 nitrogen and oxygen atoms in total. The molecule has 0 spiro atoms. The lowest BCUT2D eigenvalue weighted by Crippen LogP contribution is -2.51. The van der Waals surface area contributed by atoms with Gasteiger partial charge in [0.1, 0.15) is 6.04 Å². The van der Waals surface area contributed by atoms with Gasteiger partial charge in [-0.3, -0.25) is 14.5 Å². The number of hydrogen-bond donors (Lipinski definition) is 1. The van der Waals surface area contributed by atoms with E-state index in [1.165, 1.54) is 5.56 Å². The predicted molar refractivity (Wildman–Crippen MR) is 119 cm³/mol. The van der Waals surface area contributed by atoms with Gasteiger partial charge in [0.25, 0.3) is 0 Å². The van der Waals surface area contributed by atoms with Gasteiger partial charge in [0.2, 0.25) is 11.8 Å². The molecule has 0 aliphatic carbocycles. The number of hydrogen-bond acceptors (Lipinski definition) is 4. The SMILES string of the molecule is O=C(NC[C@H]1CN(Cc2ccccc2)CCO1)[C@H]1CCCN1C(=O)Cc1ccccc1. The number of nitrogens with zero attached hydrogens (tertiary/aromatic N) is 2. The van der Waals surface area contributed by atoms with Crippen LogP contribution < -0.4 is 5.32 Å². The van der Waals surface area contributed by atoms with Crippen molar-refractivity contribution < 1.29 is 14.3 Å². The Labute approximate surface area is 184 Å². The summed E-state index contributed by atoms with van der Waals surface area (Å²) in [7, 11) is 0. The third kappa shape index (κ3) is 5.93. The predicted octanol–water partition coefficient (Wildman–Crippen LogP) is 2.24. The van der Waals surface area contributed by atoms with Crippen LogP contribution in [0, 0.1) is 0 Å². The summed E-state index contributed by atoms with van der Waals surface area (Å²) in [5.74, 6) is -0.0468. The number of nitrogens with one attached hydrogen (secondary N) is 1. The van der Waals surface area contributed by atoms with Gasteiger partial charge >= 0.3 is 0 Å². The molecule has 2 aromatic carbocycles. The fourth-order valence-corrected chi connectivity index (χ4v) is 4.43. The van der Waals surface area contributed by atoms with Gasteiger partial charge in [-0.05, 0) is 24.0 Å². The summed E-state index contributed by atoms with van der Waals surface area (Å²) in [6.45, 7) is 4.35. The molecule has 2 heterocycles. The van der Waals surface area contributed by atoms with Crippen molar-refractivity contribution in [1.29, 1.82) is 0 Å². The monoisotopic (exact) mass is 421 g/mol. The van der Waals surface area contributed by atoms with Crippen LogP contribution in [0.2, 0.25) is 0 Å². The molecule has 164 valence electrons. The summed E-state index contributed by atoms with van der Waals surface area (Å²) in [5.41, 5.74) is 2.26. The maximum atomic E-state index is 12.9. The number of rotatable bonds is 7. The minimum absolute atomic E-state index is 0.0202. The Kier molecular flexibility index (Phi) is 7.33. The largest absolute Gasteiger partial charge is 0.374 e. The quantitative estimate of drug-likeness (QED) is 0.745. The molecule has 0 radical (unpaired) electrons. The lowest BCUT2D eigenvalue weighted by atomic mass is 10.1. The zero-order valence-corrected chi connectivity index (χ0v) is 17.9. The lowest BCUT2D eigenvalue weighted by molar-refractivity contribution is -0.138. The van der Waals surface area contributed by atoms with Gasteiger partial charge in [-0.1, -0.05) is 60.7 Å². The molecule has 2 atom stereocenters. The van der Waals surface area contributed by atoms with Crippen molar-refractivity contribution in [3.63, 3.8) is 0 Å². The Hall–Kier alpha value is -2.70. The summed E-state index contributed by atoms with van der Waals surface area (Å²) < 4.78 is 5.88. The highest BCUT2D eigenvalue weighted by Gasteiger charge is 2.34. The summed E-state index contributed by atoms with van der Waals surface area (Å²) in [6, 6.07) is 19.7. The molecule has 31 heavy (non-hydrogen) atoms. The highest BCUT2D eigenvalue weighted by atomic mass is 16.5. The average molecular weight is 422 g/mol. The number of amides is 2. The van der Waals surface area contributed by atoms with Gasteiger partial charge in [0.15, 0.2) is 0 Å². The van der Waals surface area contributed by atoms with Gasteiger partial charge in [-0.25, -0.2) is 0 Å². The van der Waals surface area contributed by atoms with Crippen LogP contribution >= 0.6 is 0 Å². The number of carbonyl (C=O) groups excluding carboxylic acids is 2. The molecule has 2 aliphatic rings. The van der Waals surface area contributed by atoms with Crippen LogP contribution in [0.5, 0.6) is 0 Å². The first-order chi connectivity index (χ1) is 15.2. The van der Waals surface area contributed by atoms with E-state index in [9.17, 15) is 9.59 Å². The molecule has 0 bridgehead atoms. The molecule has 2 fully saturated rings. The summed E-state index contributed by atoms with van der Waals surface area (Å²) in [6.07, 6.45) is 1.89. The molecular weight excluding hydrogens is 390 g/mol. The maximum Gasteiger partial charge on any atom is 0.242 e. The molecule has 2 saturated heterocycles. The van der Waals surface area contributed by atoms with E-state index in [-0.39, 0.29) is 24.0 Å². The van der Waals surface area contributed by atoms with Gasteiger partial charge in [-0.15, -0.1) is 0 Å². The van der Waals surface area contributed by atoms with Crippen LogP contribution in [0.4, 0.5) is 0 Å². The Morgan fingerprint density at radius 2 is 1.68 bits per heavy atom.